The van der Waals surface area contributed by atoms with Crippen molar-refractivity contribution in [3.63, 3.8) is 0 Å². The van der Waals surface area contributed by atoms with Gasteiger partial charge in [0.2, 0.25) is 0 Å². The summed E-state index contributed by atoms with van der Waals surface area (Å²) in [6, 6.07) is 7.73. The summed E-state index contributed by atoms with van der Waals surface area (Å²) in [5, 5.41) is 23.3. The Morgan fingerprint density at radius 3 is 2.86 bits per heavy atom. The molecule has 0 aromatic heterocycles. The molecular formula is C16H25NO4. The van der Waals surface area contributed by atoms with Crippen molar-refractivity contribution in [1.29, 1.82) is 0 Å². The Bertz CT molecular complexity index is 432. The fourth-order valence-corrected chi connectivity index (χ4v) is 2.36. The summed E-state index contributed by atoms with van der Waals surface area (Å²) in [5.74, 6) is 0.761. The van der Waals surface area contributed by atoms with E-state index in [9.17, 15) is 10.2 Å². The van der Waals surface area contributed by atoms with Gasteiger partial charge in [0.1, 0.15) is 18.5 Å². The lowest BCUT2D eigenvalue weighted by Gasteiger charge is -2.32. The maximum atomic E-state index is 10.3. The molecule has 1 heterocycles. The third-order valence-corrected chi connectivity index (χ3v) is 3.69. The Hall–Kier alpha value is -1.14. The van der Waals surface area contributed by atoms with Crippen molar-refractivity contribution in [1.82, 2.24) is 5.32 Å². The summed E-state index contributed by atoms with van der Waals surface area (Å²) >= 11 is 0. The first-order valence-corrected chi connectivity index (χ1v) is 7.46. The third-order valence-electron chi connectivity index (χ3n) is 3.69. The van der Waals surface area contributed by atoms with E-state index in [0.717, 1.165) is 11.3 Å². The van der Waals surface area contributed by atoms with Crippen LogP contribution in [0.3, 0.4) is 0 Å². The molecule has 1 aromatic carbocycles. The molecule has 5 heteroatoms. The molecule has 1 aliphatic heterocycles. The minimum absolute atomic E-state index is 0.234. The Morgan fingerprint density at radius 1 is 1.38 bits per heavy atom. The van der Waals surface area contributed by atoms with E-state index in [0.29, 0.717) is 39.1 Å². The van der Waals surface area contributed by atoms with Crippen molar-refractivity contribution < 1.29 is 19.7 Å². The topological polar surface area (TPSA) is 71.0 Å². The normalized spacial score (nSPS) is 19.2. The van der Waals surface area contributed by atoms with Crippen LogP contribution in [0.25, 0.3) is 0 Å². The van der Waals surface area contributed by atoms with Crippen LogP contribution in [0.2, 0.25) is 0 Å². The third kappa shape index (κ3) is 5.63. The molecule has 1 fully saturated rings. The number of rotatable bonds is 7. The lowest BCUT2D eigenvalue weighted by molar-refractivity contribution is -0.0626. The largest absolute Gasteiger partial charge is 0.491 e. The summed E-state index contributed by atoms with van der Waals surface area (Å²) in [7, 11) is 0. The average molecular weight is 295 g/mol. The van der Waals surface area contributed by atoms with Crippen LogP contribution >= 0.6 is 0 Å². The molecule has 118 valence electrons. The molecule has 1 atom stereocenters. The second kappa shape index (κ2) is 7.75. The van der Waals surface area contributed by atoms with Crippen molar-refractivity contribution in [2.45, 2.75) is 31.5 Å². The smallest absolute Gasteiger partial charge is 0.119 e. The maximum Gasteiger partial charge on any atom is 0.119 e. The van der Waals surface area contributed by atoms with Gasteiger partial charge in [0.05, 0.1) is 5.60 Å². The van der Waals surface area contributed by atoms with Gasteiger partial charge in [0, 0.05) is 39.1 Å². The van der Waals surface area contributed by atoms with Crippen LogP contribution in [-0.4, -0.2) is 54.8 Å². The number of hydrogen-bond acceptors (Lipinski definition) is 5. The van der Waals surface area contributed by atoms with E-state index < -0.39 is 11.7 Å². The van der Waals surface area contributed by atoms with Gasteiger partial charge in [-0.25, -0.2) is 0 Å². The molecule has 0 aliphatic carbocycles. The van der Waals surface area contributed by atoms with Gasteiger partial charge < -0.3 is 25.0 Å². The SMILES string of the molecule is Cc1cccc(OCC(O)CNCC2(O)CCOCC2)c1. The van der Waals surface area contributed by atoms with E-state index in [2.05, 4.69) is 5.32 Å². The van der Waals surface area contributed by atoms with E-state index >= 15 is 0 Å². The van der Waals surface area contributed by atoms with Crippen LogP contribution in [0.15, 0.2) is 24.3 Å². The van der Waals surface area contributed by atoms with E-state index in [1.54, 1.807) is 0 Å². The highest BCUT2D eigenvalue weighted by atomic mass is 16.5. The Labute approximate surface area is 125 Å². The molecule has 0 radical (unpaired) electrons. The van der Waals surface area contributed by atoms with Crippen LogP contribution in [0.4, 0.5) is 0 Å². The fourth-order valence-electron chi connectivity index (χ4n) is 2.36. The van der Waals surface area contributed by atoms with Crippen molar-refractivity contribution >= 4 is 0 Å². The highest BCUT2D eigenvalue weighted by Gasteiger charge is 2.29. The highest BCUT2D eigenvalue weighted by Crippen LogP contribution is 2.19. The first kappa shape index (κ1) is 16.2. The summed E-state index contributed by atoms with van der Waals surface area (Å²) in [6.07, 6.45) is 0.667. The van der Waals surface area contributed by atoms with Crippen LogP contribution in [0.1, 0.15) is 18.4 Å². The van der Waals surface area contributed by atoms with Crippen LogP contribution < -0.4 is 10.1 Å². The maximum absolute atomic E-state index is 10.3. The number of aryl methyl sites for hydroxylation is 1. The van der Waals surface area contributed by atoms with E-state index in [-0.39, 0.29) is 6.61 Å². The summed E-state index contributed by atoms with van der Waals surface area (Å²) in [5.41, 5.74) is 0.414. The molecule has 1 aromatic rings. The number of benzene rings is 1. The number of aliphatic hydroxyl groups excluding tert-OH is 1. The van der Waals surface area contributed by atoms with Gasteiger partial charge in [-0.05, 0) is 24.6 Å². The molecule has 0 spiro atoms. The van der Waals surface area contributed by atoms with Gasteiger partial charge >= 0.3 is 0 Å². The lowest BCUT2D eigenvalue weighted by Crippen LogP contribution is -2.47. The number of aliphatic hydroxyl groups is 2. The Kier molecular flexibility index (Phi) is 5.99. The van der Waals surface area contributed by atoms with E-state index in [1.165, 1.54) is 0 Å². The monoisotopic (exact) mass is 295 g/mol. The summed E-state index contributed by atoms with van der Waals surface area (Å²) < 4.78 is 10.8. The molecule has 1 saturated heterocycles. The predicted molar refractivity (Wildman–Crippen MR) is 80.6 cm³/mol. The van der Waals surface area contributed by atoms with Crippen LogP contribution in [-0.2, 0) is 4.74 Å². The zero-order valence-corrected chi connectivity index (χ0v) is 12.5. The van der Waals surface area contributed by atoms with Crippen LogP contribution in [0.5, 0.6) is 5.75 Å². The second-order valence-electron chi connectivity index (χ2n) is 5.75. The quantitative estimate of drug-likeness (QED) is 0.696. The molecule has 2 rings (SSSR count). The minimum atomic E-state index is -0.713. The standard InChI is InChI=1S/C16H25NO4/c1-13-3-2-4-15(9-13)21-11-14(18)10-17-12-16(19)5-7-20-8-6-16/h2-4,9,14,17-19H,5-8,10-12H2,1H3. The van der Waals surface area contributed by atoms with Gasteiger partial charge in [0.15, 0.2) is 0 Å². The molecule has 5 nitrogen and oxygen atoms in total. The van der Waals surface area contributed by atoms with Crippen LogP contribution in [0, 0.1) is 6.92 Å². The molecule has 1 aliphatic rings. The first-order valence-electron chi connectivity index (χ1n) is 7.46. The molecular weight excluding hydrogens is 270 g/mol. The van der Waals surface area contributed by atoms with E-state index in [4.69, 9.17) is 9.47 Å². The van der Waals surface area contributed by atoms with Gasteiger partial charge in [0.25, 0.3) is 0 Å². The molecule has 0 bridgehead atoms. The minimum Gasteiger partial charge on any atom is -0.491 e. The van der Waals surface area contributed by atoms with Gasteiger partial charge in [-0.2, -0.15) is 0 Å². The van der Waals surface area contributed by atoms with Gasteiger partial charge in [-0.1, -0.05) is 12.1 Å². The second-order valence-corrected chi connectivity index (χ2v) is 5.75. The van der Waals surface area contributed by atoms with Crippen molar-refractivity contribution in [3.05, 3.63) is 29.8 Å². The Balaban J connectivity index is 1.64. The average Bonchev–Trinajstić information content (AvgIpc) is 2.46. The number of ether oxygens (including phenoxy) is 2. The molecule has 21 heavy (non-hydrogen) atoms. The molecule has 1 unspecified atom stereocenters. The Morgan fingerprint density at radius 2 is 2.14 bits per heavy atom. The number of nitrogens with one attached hydrogen (secondary N) is 1. The van der Waals surface area contributed by atoms with Crippen molar-refractivity contribution in [2.24, 2.45) is 0 Å². The van der Waals surface area contributed by atoms with Crippen molar-refractivity contribution in [3.8, 4) is 5.75 Å². The lowest BCUT2D eigenvalue weighted by atomic mass is 9.94. The zero-order valence-electron chi connectivity index (χ0n) is 12.5. The zero-order chi connectivity index (χ0) is 15.1. The molecule has 0 saturated carbocycles. The number of hydrogen-bond donors (Lipinski definition) is 3. The predicted octanol–water partition coefficient (Wildman–Crippen LogP) is 0.866. The summed E-state index contributed by atoms with van der Waals surface area (Å²) in [4.78, 5) is 0. The van der Waals surface area contributed by atoms with Crippen molar-refractivity contribution in [2.75, 3.05) is 32.9 Å². The van der Waals surface area contributed by atoms with Gasteiger partial charge in [-0.3, -0.25) is 0 Å². The van der Waals surface area contributed by atoms with Gasteiger partial charge in [-0.15, -0.1) is 0 Å². The highest BCUT2D eigenvalue weighted by molar-refractivity contribution is 5.27. The first-order chi connectivity index (χ1) is 10.1. The summed E-state index contributed by atoms with van der Waals surface area (Å²) in [6.45, 7) is 4.29. The fraction of sp³-hybridized carbons (Fsp3) is 0.625. The molecule has 3 N–H and O–H groups in total. The van der Waals surface area contributed by atoms with E-state index in [1.807, 2.05) is 31.2 Å². The molecule has 0 amide bonds.